The Morgan fingerprint density at radius 2 is 2.06 bits per heavy atom. The van der Waals surface area contributed by atoms with E-state index in [4.69, 9.17) is 0 Å². The lowest BCUT2D eigenvalue weighted by Gasteiger charge is -2.34. The first-order valence-corrected chi connectivity index (χ1v) is 6.65. The topological polar surface area (TPSA) is 52.6 Å². The first-order chi connectivity index (χ1) is 8.00. The molecule has 0 radical (unpaired) electrons. The molecule has 1 saturated carbocycles. The van der Waals surface area contributed by atoms with Crippen molar-refractivity contribution in [2.24, 2.45) is 5.92 Å². The van der Waals surface area contributed by atoms with E-state index in [-0.39, 0.29) is 18.1 Å². The van der Waals surface area contributed by atoms with E-state index in [0.29, 0.717) is 12.5 Å². The van der Waals surface area contributed by atoms with E-state index in [1.807, 2.05) is 11.9 Å². The summed E-state index contributed by atoms with van der Waals surface area (Å²) >= 11 is 0. The zero-order chi connectivity index (χ0) is 12.8. The molecule has 1 aliphatic carbocycles. The fraction of sp³-hybridized carbons (Fsp3) is 0.923. The van der Waals surface area contributed by atoms with Crippen molar-refractivity contribution >= 4 is 5.91 Å². The van der Waals surface area contributed by atoms with E-state index in [2.05, 4.69) is 19.2 Å². The minimum Gasteiger partial charge on any atom is -0.391 e. The number of nitrogens with one attached hydrogen (secondary N) is 1. The molecular formula is C13H26N2O2. The zero-order valence-corrected chi connectivity index (χ0v) is 11.3. The first-order valence-electron chi connectivity index (χ1n) is 6.65. The quantitative estimate of drug-likeness (QED) is 0.756. The van der Waals surface area contributed by atoms with Gasteiger partial charge >= 0.3 is 0 Å². The summed E-state index contributed by atoms with van der Waals surface area (Å²) in [6.07, 6.45) is 3.84. The number of carbonyl (C=O) groups excluding carboxylic acids is 1. The van der Waals surface area contributed by atoms with Gasteiger partial charge in [0.25, 0.3) is 0 Å². The molecule has 2 unspecified atom stereocenters. The molecule has 4 nitrogen and oxygen atoms in total. The highest BCUT2D eigenvalue weighted by molar-refractivity contribution is 5.78. The normalized spacial score (nSPS) is 25.3. The van der Waals surface area contributed by atoms with Crippen molar-refractivity contribution < 1.29 is 9.90 Å². The Morgan fingerprint density at radius 1 is 1.41 bits per heavy atom. The highest BCUT2D eigenvalue weighted by Crippen LogP contribution is 2.21. The standard InChI is InChI=1S/C13H26N2O2/c1-10(2)8-14-13(17)9-15(3)11-6-4-5-7-12(11)16/h10-12,16H,4-9H2,1-3H3,(H,14,17). The molecule has 4 heteroatoms. The van der Waals surface area contributed by atoms with Crippen LogP contribution in [0.4, 0.5) is 0 Å². The van der Waals surface area contributed by atoms with Crippen molar-refractivity contribution in [3.63, 3.8) is 0 Å². The molecule has 0 aromatic rings. The van der Waals surface area contributed by atoms with Crippen molar-refractivity contribution in [3.05, 3.63) is 0 Å². The smallest absolute Gasteiger partial charge is 0.234 e. The number of rotatable bonds is 5. The lowest BCUT2D eigenvalue weighted by molar-refractivity contribution is -0.123. The van der Waals surface area contributed by atoms with Crippen LogP contribution in [0.3, 0.4) is 0 Å². The summed E-state index contributed by atoms with van der Waals surface area (Å²) in [4.78, 5) is 13.7. The van der Waals surface area contributed by atoms with E-state index in [0.717, 1.165) is 32.2 Å². The van der Waals surface area contributed by atoms with Crippen LogP contribution >= 0.6 is 0 Å². The van der Waals surface area contributed by atoms with Gasteiger partial charge in [-0.2, -0.15) is 0 Å². The van der Waals surface area contributed by atoms with Crippen LogP contribution in [-0.2, 0) is 4.79 Å². The average Bonchev–Trinajstić information content (AvgIpc) is 2.26. The van der Waals surface area contributed by atoms with Crippen molar-refractivity contribution in [2.75, 3.05) is 20.1 Å². The van der Waals surface area contributed by atoms with Gasteiger partial charge in [-0.3, -0.25) is 9.69 Å². The number of likely N-dealkylation sites (N-methyl/N-ethyl adjacent to an activating group) is 1. The third-order valence-electron chi connectivity index (χ3n) is 3.36. The molecule has 1 rings (SSSR count). The fourth-order valence-electron chi connectivity index (χ4n) is 2.32. The van der Waals surface area contributed by atoms with Crippen molar-refractivity contribution in [2.45, 2.75) is 51.7 Å². The van der Waals surface area contributed by atoms with Crippen LogP contribution in [0.5, 0.6) is 0 Å². The number of aliphatic hydroxyl groups is 1. The van der Waals surface area contributed by atoms with Gasteiger partial charge in [0.15, 0.2) is 0 Å². The van der Waals surface area contributed by atoms with Gasteiger partial charge in [-0.15, -0.1) is 0 Å². The Kier molecular flexibility index (Phi) is 5.92. The van der Waals surface area contributed by atoms with Crippen molar-refractivity contribution in [1.29, 1.82) is 0 Å². The fourth-order valence-corrected chi connectivity index (χ4v) is 2.32. The number of hydrogen-bond acceptors (Lipinski definition) is 3. The summed E-state index contributed by atoms with van der Waals surface area (Å²) in [7, 11) is 1.92. The van der Waals surface area contributed by atoms with E-state index >= 15 is 0 Å². The number of hydrogen-bond donors (Lipinski definition) is 2. The lowest BCUT2D eigenvalue weighted by atomic mass is 9.91. The van der Waals surface area contributed by atoms with Crippen molar-refractivity contribution in [1.82, 2.24) is 10.2 Å². The SMILES string of the molecule is CC(C)CNC(=O)CN(C)C1CCCCC1O. The molecule has 0 aromatic heterocycles. The van der Waals surface area contributed by atoms with Gasteiger partial charge in [0.1, 0.15) is 0 Å². The number of aliphatic hydroxyl groups excluding tert-OH is 1. The molecule has 1 amide bonds. The Bertz CT molecular complexity index is 244. The molecule has 2 atom stereocenters. The van der Waals surface area contributed by atoms with Crippen LogP contribution in [0.15, 0.2) is 0 Å². The summed E-state index contributed by atoms with van der Waals surface area (Å²) in [5, 5.41) is 12.8. The van der Waals surface area contributed by atoms with Crippen LogP contribution in [0.1, 0.15) is 39.5 Å². The second-order valence-electron chi connectivity index (χ2n) is 5.53. The van der Waals surface area contributed by atoms with Gasteiger partial charge < -0.3 is 10.4 Å². The van der Waals surface area contributed by atoms with Crippen LogP contribution in [-0.4, -0.2) is 48.2 Å². The second kappa shape index (κ2) is 6.97. The molecule has 100 valence electrons. The zero-order valence-electron chi connectivity index (χ0n) is 11.3. The number of nitrogens with zero attached hydrogens (tertiary/aromatic N) is 1. The van der Waals surface area contributed by atoms with E-state index < -0.39 is 0 Å². The van der Waals surface area contributed by atoms with Gasteiger partial charge in [0.2, 0.25) is 5.91 Å². The van der Waals surface area contributed by atoms with Crippen LogP contribution in [0, 0.1) is 5.92 Å². The average molecular weight is 242 g/mol. The molecule has 0 spiro atoms. The predicted molar refractivity (Wildman–Crippen MR) is 68.7 cm³/mol. The summed E-state index contributed by atoms with van der Waals surface area (Å²) in [6, 6.07) is 0.147. The van der Waals surface area contributed by atoms with Gasteiger partial charge in [-0.05, 0) is 25.8 Å². The summed E-state index contributed by atoms with van der Waals surface area (Å²) in [5.41, 5.74) is 0. The Balaban J connectivity index is 2.31. The van der Waals surface area contributed by atoms with E-state index in [9.17, 15) is 9.90 Å². The second-order valence-corrected chi connectivity index (χ2v) is 5.53. The van der Waals surface area contributed by atoms with Gasteiger partial charge in [0, 0.05) is 12.6 Å². The number of amides is 1. The molecule has 0 aliphatic heterocycles. The van der Waals surface area contributed by atoms with Crippen molar-refractivity contribution in [3.8, 4) is 0 Å². The van der Waals surface area contributed by atoms with E-state index in [1.165, 1.54) is 0 Å². The molecule has 0 heterocycles. The highest BCUT2D eigenvalue weighted by Gasteiger charge is 2.27. The van der Waals surface area contributed by atoms with Gasteiger partial charge in [-0.1, -0.05) is 26.7 Å². The van der Waals surface area contributed by atoms with E-state index in [1.54, 1.807) is 0 Å². The monoisotopic (exact) mass is 242 g/mol. The van der Waals surface area contributed by atoms with Crippen LogP contribution in [0.25, 0.3) is 0 Å². The Labute approximate surface area is 104 Å². The van der Waals surface area contributed by atoms with Crippen LogP contribution in [0.2, 0.25) is 0 Å². The summed E-state index contributed by atoms with van der Waals surface area (Å²) in [6.45, 7) is 5.26. The van der Waals surface area contributed by atoms with Gasteiger partial charge in [0.05, 0.1) is 12.6 Å². The van der Waals surface area contributed by atoms with Crippen LogP contribution < -0.4 is 5.32 Å². The minimum absolute atomic E-state index is 0.0546. The molecule has 1 aliphatic rings. The first kappa shape index (κ1) is 14.5. The Morgan fingerprint density at radius 3 is 2.65 bits per heavy atom. The highest BCUT2D eigenvalue weighted by atomic mass is 16.3. The van der Waals surface area contributed by atoms with Gasteiger partial charge in [-0.25, -0.2) is 0 Å². The molecule has 0 bridgehead atoms. The maximum Gasteiger partial charge on any atom is 0.234 e. The molecular weight excluding hydrogens is 216 g/mol. The molecule has 0 aromatic carbocycles. The third kappa shape index (κ3) is 5.04. The third-order valence-corrected chi connectivity index (χ3v) is 3.36. The lowest BCUT2D eigenvalue weighted by Crippen LogP contribution is -2.47. The molecule has 17 heavy (non-hydrogen) atoms. The summed E-state index contributed by atoms with van der Waals surface area (Å²) < 4.78 is 0. The number of carbonyl (C=O) groups is 1. The maximum absolute atomic E-state index is 11.7. The molecule has 0 saturated heterocycles. The predicted octanol–water partition coefficient (Wildman–Crippen LogP) is 0.994. The minimum atomic E-state index is -0.272. The largest absolute Gasteiger partial charge is 0.391 e. The molecule has 2 N–H and O–H groups in total. The molecule has 1 fully saturated rings. The Hall–Kier alpha value is -0.610. The summed E-state index contributed by atoms with van der Waals surface area (Å²) in [5.74, 6) is 0.531. The maximum atomic E-state index is 11.7.